The molecule has 0 atom stereocenters. The number of ether oxygens (including phenoxy) is 3. The van der Waals surface area contributed by atoms with Crippen LogP contribution in [0.2, 0.25) is 5.15 Å². The van der Waals surface area contributed by atoms with Gasteiger partial charge in [-0.15, -0.1) is 5.10 Å². The topological polar surface area (TPSA) is 123 Å². The van der Waals surface area contributed by atoms with Gasteiger partial charge in [0.05, 0.1) is 17.8 Å². The summed E-state index contributed by atoms with van der Waals surface area (Å²) in [5.41, 5.74) is 1.31. The molecule has 1 saturated heterocycles. The predicted molar refractivity (Wildman–Crippen MR) is 174 cm³/mol. The third-order valence-corrected chi connectivity index (χ3v) is 8.21. The molecular formula is C33H41ClFN7O5. The Kier molecular flexibility index (Phi) is 10.3. The molecule has 2 aliphatic rings. The number of fused-ring (bicyclic) bond motifs is 1. The van der Waals surface area contributed by atoms with Gasteiger partial charge in [0.2, 0.25) is 0 Å². The molecule has 4 heterocycles. The van der Waals surface area contributed by atoms with E-state index >= 15 is 0 Å². The van der Waals surface area contributed by atoms with Gasteiger partial charge < -0.3 is 28.9 Å². The minimum absolute atomic E-state index is 0.0545. The summed E-state index contributed by atoms with van der Waals surface area (Å²) in [6.07, 6.45) is 3.30. The van der Waals surface area contributed by atoms with Crippen LogP contribution in [0.15, 0.2) is 30.5 Å². The first kappa shape index (κ1) is 34.1. The molecule has 0 unspecified atom stereocenters. The second-order valence-electron chi connectivity index (χ2n) is 12.8. The minimum atomic E-state index is -0.568. The molecule has 14 heteroatoms. The molecule has 1 aromatic carbocycles. The number of anilines is 1. The molecule has 2 aromatic heterocycles. The standard InChI is InChI=1S/C33H41ClFN7O5/c1-7-42(20(2)3)30(43)24-18-21(35)8-9-26(24)46-31-37-29(28(34)38-39-31)40-15-11-22(12-16-40)45-27-10-14-36-25-19-41(17-13-23(25)27)32(44)47-33(4,5)6/h8-10,14,18,20,22H,7,11-13,15-17,19H2,1-6H3. The molecule has 0 N–H and O–H groups in total. The highest BCUT2D eigenvalue weighted by atomic mass is 35.5. The third-order valence-electron chi connectivity index (χ3n) is 7.97. The van der Waals surface area contributed by atoms with Gasteiger partial charge in [-0.25, -0.2) is 9.18 Å². The highest BCUT2D eigenvalue weighted by molar-refractivity contribution is 6.31. The van der Waals surface area contributed by atoms with E-state index in [1.165, 1.54) is 12.1 Å². The van der Waals surface area contributed by atoms with Gasteiger partial charge in [0.1, 0.15) is 29.0 Å². The Morgan fingerprint density at radius 1 is 1.11 bits per heavy atom. The molecule has 0 bridgehead atoms. The van der Waals surface area contributed by atoms with Crippen molar-refractivity contribution < 1.29 is 28.2 Å². The van der Waals surface area contributed by atoms with Gasteiger partial charge in [-0.2, -0.15) is 4.98 Å². The Morgan fingerprint density at radius 3 is 2.53 bits per heavy atom. The van der Waals surface area contributed by atoms with E-state index in [4.69, 9.17) is 25.8 Å². The van der Waals surface area contributed by atoms with Gasteiger partial charge in [0, 0.05) is 56.8 Å². The maximum Gasteiger partial charge on any atom is 0.410 e. The second kappa shape index (κ2) is 14.2. The van der Waals surface area contributed by atoms with Crippen LogP contribution in [0, 0.1) is 5.82 Å². The fourth-order valence-electron chi connectivity index (χ4n) is 5.67. The quantitative estimate of drug-likeness (QED) is 0.280. The lowest BCUT2D eigenvalue weighted by Crippen LogP contribution is -2.41. The van der Waals surface area contributed by atoms with Gasteiger partial charge in [0.15, 0.2) is 11.0 Å². The number of piperidine rings is 1. The lowest BCUT2D eigenvalue weighted by molar-refractivity contribution is 0.0218. The number of amides is 2. The van der Waals surface area contributed by atoms with Crippen LogP contribution in [0.5, 0.6) is 17.5 Å². The van der Waals surface area contributed by atoms with Gasteiger partial charge in [0.25, 0.3) is 5.91 Å². The zero-order chi connectivity index (χ0) is 33.9. The fourth-order valence-corrected chi connectivity index (χ4v) is 5.87. The van der Waals surface area contributed by atoms with Crippen molar-refractivity contribution >= 4 is 29.4 Å². The second-order valence-corrected chi connectivity index (χ2v) is 13.2. The van der Waals surface area contributed by atoms with Crippen LogP contribution in [0.3, 0.4) is 0 Å². The summed E-state index contributed by atoms with van der Waals surface area (Å²) in [5, 5.41) is 8.12. The highest BCUT2D eigenvalue weighted by Gasteiger charge is 2.30. The molecule has 3 aromatic rings. The van der Waals surface area contributed by atoms with Crippen LogP contribution in [0.1, 0.15) is 76.0 Å². The molecule has 2 aliphatic heterocycles. The first-order chi connectivity index (χ1) is 22.3. The number of hydrogen-bond acceptors (Lipinski definition) is 10. The molecule has 12 nitrogen and oxygen atoms in total. The van der Waals surface area contributed by atoms with Gasteiger partial charge >= 0.3 is 12.1 Å². The van der Waals surface area contributed by atoms with E-state index in [1.807, 2.05) is 52.5 Å². The van der Waals surface area contributed by atoms with Crippen LogP contribution >= 0.6 is 11.6 Å². The summed E-state index contributed by atoms with van der Waals surface area (Å²) in [7, 11) is 0. The largest absolute Gasteiger partial charge is 0.490 e. The van der Waals surface area contributed by atoms with E-state index in [9.17, 15) is 14.0 Å². The van der Waals surface area contributed by atoms with Crippen LogP contribution in [0.25, 0.3) is 0 Å². The number of carbonyl (C=O) groups excluding carboxylic acids is 2. The highest BCUT2D eigenvalue weighted by Crippen LogP contribution is 2.32. The van der Waals surface area contributed by atoms with Crippen molar-refractivity contribution in [3.63, 3.8) is 0 Å². The molecule has 1 fully saturated rings. The molecule has 0 radical (unpaired) electrons. The maximum absolute atomic E-state index is 14.2. The van der Waals surface area contributed by atoms with Crippen LogP contribution in [0.4, 0.5) is 15.0 Å². The predicted octanol–water partition coefficient (Wildman–Crippen LogP) is 6.06. The monoisotopic (exact) mass is 669 g/mol. The first-order valence-electron chi connectivity index (χ1n) is 15.9. The Balaban J connectivity index is 1.24. The fraction of sp³-hybridized carbons (Fsp3) is 0.515. The summed E-state index contributed by atoms with van der Waals surface area (Å²) in [4.78, 5) is 40.1. The van der Waals surface area contributed by atoms with Crippen LogP contribution in [-0.4, -0.2) is 85.9 Å². The van der Waals surface area contributed by atoms with Crippen molar-refractivity contribution in [2.75, 3.05) is 31.1 Å². The molecule has 0 saturated carbocycles. The lowest BCUT2D eigenvalue weighted by Gasteiger charge is -2.34. The molecule has 0 aliphatic carbocycles. The SMILES string of the molecule is CCN(C(=O)c1cc(F)ccc1Oc1nnc(Cl)c(N2CCC(Oc3ccnc4c3CCN(C(=O)OC(C)(C)C)C4)CC2)n1)C(C)C. The number of benzene rings is 1. The van der Waals surface area contributed by atoms with Crippen LogP contribution < -0.4 is 14.4 Å². The maximum atomic E-state index is 14.2. The van der Waals surface area contributed by atoms with E-state index < -0.39 is 11.4 Å². The number of pyridine rings is 1. The molecule has 0 spiro atoms. The Hall–Kier alpha value is -4.26. The average molecular weight is 670 g/mol. The normalized spacial score (nSPS) is 15.3. The summed E-state index contributed by atoms with van der Waals surface area (Å²) in [6, 6.07) is 5.41. The third kappa shape index (κ3) is 8.19. The van der Waals surface area contributed by atoms with E-state index in [1.54, 1.807) is 16.0 Å². The first-order valence-corrected chi connectivity index (χ1v) is 16.3. The summed E-state index contributed by atoms with van der Waals surface area (Å²) >= 11 is 6.43. The number of hydrogen-bond donors (Lipinski definition) is 0. The Labute approximate surface area is 279 Å². The number of aromatic nitrogens is 4. The smallest absolute Gasteiger partial charge is 0.410 e. The number of carbonyl (C=O) groups is 2. The molecule has 47 heavy (non-hydrogen) atoms. The van der Waals surface area contributed by atoms with E-state index in [0.717, 1.165) is 23.1 Å². The zero-order valence-corrected chi connectivity index (χ0v) is 28.4. The summed E-state index contributed by atoms with van der Waals surface area (Å²) in [5.74, 6) is 0.366. The van der Waals surface area contributed by atoms with Gasteiger partial charge in [-0.1, -0.05) is 16.7 Å². The molecule has 2 amide bonds. The summed E-state index contributed by atoms with van der Waals surface area (Å²) < 4.78 is 32.1. The number of halogens is 2. The number of rotatable bonds is 8. The zero-order valence-electron chi connectivity index (χ0n) is 27.6. The molecule has 252 valence electrons. The molecule has 5 rings (SSSR count). The number of nitrogens with zero attached hydrogens (tertiary/aromatic N) is 7. The van der Waals surface area contributed by atoms with Crippen molar-refractivity contribution in [2.45, 2.75) is 85.1 Å². The van der Waals surface area contributed by atoms with E-state index in [-0.39, 0.29) is 46.6 Å². The Bertz CT molecular complexity index is 1610. The van der Waals surface area contributed by atoms with Crippen molar-refractivity contribution in [1.82, 2.24) is 30.0 Å². The van der Waals surface area contributed by atoms with Crippen LogP contribution in [-0.2, 0) is 17.7 Å². The lowest BCUT2D eigenvalue weighted by atomic mass is 10.0. The van der Waals surface area contributed by atoms with Crippen molar-refractivity contribution in [2.24, 2.45) is 0 Å². The van der Waals surface area contributed by atoms with E-state index in [0.29, 0.717) is 57.8 Å². The van der Waals surface area contributed by atoms with Crippen molar-refractivity contribution in [1.29, 1.82) is 0 Å². The Morgan fingerprint density at radius 2 is 1.85 bits per heavy atom. The average Bonchev–Trinajstić information content (AvgIpc) is 3.02. The van der Waals surface area contributed by atoms with Crippen molar-refractivity contribution in [3.8, 4) is 17.5 Å². The molecular weight excluding hydrogens is 629 g/mol. The van der Waals surface area contributed by atoms with E-state index in [2.05, 4.69) is 20.2 Å². The summed E-state index contributed by atoms with van der Waals surface area (Å²) in [6.45, 7) is 13.7. The van der Waals surface area contributed by atoms with Gasteiger partial charge in [-0.05, 0) is 72.2 Å². The minimum Gasteiger partial charge on any atom is -0.490 e. The van der Waals surface area contributed by atoms with Crippen molar-refractivity contribution in [3.05, 3.63) is 58.3 Å². The van der Waals surface area contributed by atoms with Gasteiger partial charge in [-0.3, -0.25) is 9.78 Å².